The number of carbonyl (C=O) groups excluding carboxylic acids is 1. The third-order valence-corrected chi connectivity index (χ3v) is 6.03. The predicted octanol–water partition coefficient (Wildman–Crippen LogP) is 3.12. The fourth-order valence-corrected chi connectivity index (χ4v) is 4.70. The summed E-state index contributed by atoms with van der Waals surface area (Å²) in [5.74, 6) is 0.204. The Bertz CT molecular complexity index is 723. The monoisotopic (exact) mass is 345 g/mol. The number of piperidine rings is 1. The van der Waals surface area contributed by atoms with Crippen molar-refractivity contribution < 1.29 is 9.53 Å². The second-order valence-corrected chi connectivity index (χ2v) is 7.70. The molecule has 0 saturated carbocycles. The lowest BCUT2D eigenvalue weighted by atomic mass is 10.0. The number of thiophene rings is 1. The minimum atomic E-state index is -0.0615. The number of aromatic nitrogens is 2. The molecule has 6 heteroatoms. The molecule has 24 heavy (non-hydrogen) atoms. The Morgan fingerprint density at radius 1 is 1.50 bits per heavy atom. The number of ether oxygens (including phenoxy) is 1. The maximum absolute atomic E-state index is 12.8. The van der Waals surface area contributed by atoms with Gasteiger partial charge >= 0.3 is 0 Å². The van der Waals surface area contributed by atoms with Crippen LogP contribution in [0.1, 0.15) is 47.4 Å². The van der Waals surface area contributed by atoms with E-state index in [1.165, 1.54) is 16.0 Å². The van der Waals surface area contributed by atoms with E-state index in [0.29, 0.717) is 12.5 Å². The Kier molecular flexibility index (Phi) is 4.41. The zero-order chi connectivity index (χ0) is 16.5. The zero-order valence-electron chi connectivity index (χ0n) is 14.0. The van der Waals surface area contributed by atoms with E-state index < -0.39 is 0 Å². The fraction of sp³-hybridized carbons (Fsp3) is 0.556. The lowest BCUT2D eigenvalue weighted by molar-refractivity contribution is -0.136. The number of rotatable bonds is 3. The summed E-state index contributed by atoms with van der Waals surface area (Å²) in [5, 5.41) is 6.53. The Balaban J connectivity index is 1.42. The van der Waals surface area contributed by atoms with Crippen LogP contribution in [0.3, 0.4) is 0 Å². The molecule has 2 atom stereocenters. The van der Waals surface area contributed by atoms with Crippen LogP contribution in [0, 0.1) is 6.92 Å². The van der Waals surface area contributed by atoms with Crippen LogP contribution in [0.15, 0.2) is 23.8 Å². The highest BCUT2D eigenvalue weighted by Crippen LogP contribution is 2.34. The van der Waals surface area contributed by atoms with Gasteiger partial charge in [0.2, 0.25) is 5.91 Å². The van der Waals surface area contributed by atoms with Crippen LogP contribution in [0.2, 0.25) is 0 Å². The number of hydrogen-bond acceptors (Lipinski definition) is 4. The van der Waals surface area contributed by atoms with Gasteiger partial charge in [0, 0.05) is 24.2 Å². The topological polar surface area (TPSA) is 47.4 Å². The molecule has 2 aliphatic heterocycles. The summed E-state index contributed by atoms with van der Waals surface area (Å²) in [5.41, 5.74) is 2.52. The van der Waals surface area contributed by atoms with Gasteiger partial charge in [-0.2, -0.15) is 5.10 Å². The first-order valence-corrected chi connectivity index (χ1v) is 9.55. The molecular weight excluding hydrogens is 322 g/mol. The molecule has 0 radical (unpaired) electrons. The predicted molar refractivity (Wildman–Crippen MR) is 93.1 cm³/mol. The highest BCUT2D eigenvalue weighted by atomic mass is 32.1. The Morgan fingerprint density at radius 3 is 3.25 bits per heavy atom. The Hall–Kier alpha value is -1.66. The molecule has 4 heterocycles. The van der Waals surface area contributed by atoms with E-state index in [2.05, 4.69) is 22.7 Å². The number of likely N-dealkylation sites (tertiary alicyclic amines) is 1. The summed E-state index contributed by atoms with van der Waals surface area (Å²) in [7, 11) is 0. The normalized spacial score (nSPS) is 24.0. The van der Waals surface area contributed by atoms with Gasteiger partial charge in [0.1, 0.15) is 6.10 Å². The largest absolute Gasteiger partial charge is 0.372 e. The van der Waals surface area contributed by atoms with E-state index in [4.69, 9.17) is 4.74 Å². The number of carbonyl (C=O) groups is 1. The summed E-state index contributed by atoms with van der Waals surface area (Å²) < 4.78 is 7.90. The summed E-state index contributed by atoms with van der Waals surface area (Å²) >= 11 is 1.71. The first kappa shape index (κ1) is 15.8. The van der Waals surface area contributed by atoms with Gasteiger partial charge in [-0.05, 0) is 48.8 Å². The van der Waals surface area contributed by atoms with Crippen LogP contribution >= 0.6 is 11.3 Å². The van der Waals surface area contributed by atoms with E-state index in [-0.39, 0.29) is 12.0 Å². The van der Waals surface area contributed by atoms with Crippen LogP contribution < -0.4 is 0 Å². The molecule has 4 rings (SSSR count). The van der Waals surface area contributed by atoms with Gasteiger partial charge in [0.25, 0.3) is 0 Å². The molecular formula is C18H23N3O2S. The minimum absolute atomic E-state index is 0.0615. The fourth-order valence-electron chi connectivity index (χ4n) is 3.69. The number of hydrogen-bond donors (Lipinski definition) is 0. The number of amides is 1. The van der Waals surface area contributed by atoms with Crippen LogP contribution in [0.25, 0.3) is 0 Å². The van der Waals surface area contributed by atoms with Crippen molar-refractivity contribution >= 4 is 17.2 Å². The Morgan fingerprint density at radius 2 is 2.42 bits per heavy atom. The average molecular weight is 345 g/mol. The second-order valence-electron chi connectivity index (χ2n) is 6.76. The summed E-state index contributed by atoms with van der Waals surface area (Å²) in [6.45, 7) is 4.37. The molecule has 128 valence electrons. The quantitative estimate of drug-likeness (QED) is 0.859. The van der Waals surface area contributed by atoms with Crippen molar-refractivity contribution in [2.24, 2.45) is 0 Å². The van der Waals surface area contributed by atoms with Gasteiger partial charge in [-0.1, -0.05) is 0 Å². The molecule has 1 saturated heterocycles. The van der Waals surface area contributed by atoms with Crippen LogP contribution in [-0.4, -0.2) is 40.3 Å². The molecule has 5 nitrogen and oxygen atoms in total. The van der Waals surface area contributed by atoms with Crippen molar-refractivity contribution in [3.63, 3.8) is 0 Å². The van der Waals surface area contributed by atoms with Crippen molar-refractivity contribution in [1.29, 1.82) is 0 Å². The van der Waals surface area contributed by atoms with E-state index in [1.807, 2.05) is 22.7 Å². The van der Waals surface area contributed by atoms with Crippen LogP contribution in [-0.2, 0) is 16.0 Å². The standard InChI is InChI=1S/C18H23N3O2S/c1-13-10-19-21(11-13)15-3-2-6-20(12-15)17(22)9-16-18-14(4-7-23-16)5-8-24-18/h5,8,10-11,15-16H,2-4,6-7,9,12H2,1H3/t15-,16+/m0/s1. The van der Waals surface area contributed by atoms with Crippen molar-refractivity contribution in [1.82, 2.24) is 14.7 Å². The zero-order valence-corrected chi connectivity index (χ0v) is 14.8. The van der Waals surface area contributed by atoms with E-state index >= 15 is 0 Å². The maximum atomic E-state index is 12.8. The molecule has 1 fully saturated rings. The second kappa shape index (κ2) is 6.69. The molecule has 0 aliphatic carbocycles. The first-order valence-electron chi connectivity index (χ1n) is 8.67. The van der Waals surface area contributed by atoms with Crippen molar-refractivity contribution in [2.75, 3.05) is 19.7 Å². The molecule has 2 aromatic heterocycles. The van der Waals surface area contributed by atoms with E-state index in [1.54, 1.807) is 11.3 Å². The van der Waals surface area contributed by atoms with Gasteiger partial charge in [0.15, 0.2) is 0 Å². The van der Waals surface area contributed by atoms with Gasteiger partial charge in [-0.15, -0.1) is 11.3 Å². The third kappa shape index (κ3) is 3.13. The molecule has 0 aromatic carbocycles. The van der Waals surface area contributed by atoms with Crippen molar-refractivity contribution in [2.45, 2.75) is 44.8 Å². The number of nitrogens with zero attached hydrogens (tertiary/aromatic N) is 3. The first-order chi connectivity index (χ1) is 11.7. The third-order valence-electron chi connectivity index (χ3n) is 4.98. The molecule has 0 unspecified atom stereocenters. The van der Waals surface area contributed by atoms with Gasteiger partial charge in [0.05, 0.1) is 25.3 Å². The van der Waals surface area contributed by atoms with Gasteiger partial charge in [-0.3, -0.25) is 9.48 Å². The molecule has 2 aliphatic rings. The molecule has 1 amide bonds. The van der Waals surface area contributed by atoms with Gasteiger partial charge < -0.3 is 9.64 Å². The highest BCUT2D eigenvalue weighted by Gasteiger charge is 2.30. The SMILES string of the molecule is Cc1cnn([C@H]2CCCN(C(=O)C[C@H]3OCCc4ccsc43)C2)c1. The maximum Gasteiger partial charge on any atom is 0.225 e. The average Bonchev–Trinajstić information content (AvgIpc) is 3.24. The smallest absolute Gasteiger partial charge is 0.225 e. The number of aryl methyl sites for hydroxylation is 1. The van der Waals surface area contributed by atoms with Crippen molar-refractivity contribution in [3.05, 3.63) is 39.8 Å². The Labute approximate surface area is 146 Å². The summed E-state index contributed by atoms with van der Waals surface area (Å²) in [6, 6.07) is 2.46. The van der Waals surface area contributed by atoms with E-state index in [0.717, 1.165) is 39.0 Å². The van der Waals surface area contributed by atoms with Crippen LogP contribution in [0.5, 0.6) is 0 Å². The number of fused-ring (bicyclic) bond motifs is 1. The van der Waals surface area contributed by atoms with E-state index in [9.17, 15) is 4.79 Å². The summed E-state index contributed by atoms with van der Waals surface area (Å²) in [4.78, 5) is 16.0. The van der Waals surface area contributed by atoms with Crippen molar-refractivity contribution in [3.8, 4) is 0 Å². The molecule has 0 N–H and O–H groups in total. The lowest BCUT2D eigenvalue weighted by Gasteiger charge is -2.34. The molecule has 0 spiro atoms. The van der Waals surface area contributed by atoms with Gasteiger partial charge in [-0.25, -0.2) is 0 Å². The highest BCUT2D eigenvalue weighted by molar-refractivity contribution is 7.10. The summed E-state index contributed by atoms with van der Waals surface area (Å²) in [6.07, 6.45) is 7.43. The lowest BCUT2D eigenvalue weighted by Crippen LogP contribution is -2.41. The van der Waals surface area contributed by atoms with Crippen LogP contribution in [0.4, 0.5) is 0 Å². The molecule has 0 bridgehead atoms. The molecule has 2 aromatic rings. The minimum Gasteiger partial charge on any atom is -0.372 e.